The zero-order chi connectivity index (χ0) is 16.4. The number of carbonyl (C=O) groups excluding carboxylic acids is 1. The van der Waals surface area contributed by atoms with Crippen molar-refractivity contribution in [1.82, 2.24) is 0 Å². The molecule has 0 bridgehead atoms. The van der Waals surface area contributed by atoms with Crippen LogP contribution in [-0.4, -0.2) is 19.1 Å². The Balaban J connectivity index is 1.78. The molecule has 4 nitrogen and oxygen atoms in total. The summed E-state index contributed by atoms with van der Waals surface area (Å²) in [5.74, 6) is 0.559. The van der Waals surface area contributed by atoms with Gasteiger partial charge in [-0.3, -0.25) is 4.79 Å². The van der Waals surface area contributed by atoms with Crippen molar-refractivity contribution in [1.29, 1.82) is 0 Å². The van der Waals surface area contributed by atoms with Gasteiger partial charge in [0.05, 0.1) is 13.2 Å². The number of carbonyl (C=O) groups is 1. The number of anilines is 1. The van der Waals surface area contributed by atoms with Gasteiger partial charge in [-0.2, -0.15) is 0 Å². The van der Waals surface area contributed by atoms with Crippen LogP contribution in [0.5, 0.6) is 11.5 Å². The van der Waals surface area contributed by atoms with Gasteiger partial charge in [0, 0.05) is 16.7 Å². The lowest BCUT2D eigenvalue weighted by Gasteiger charge is -2.19. The predicted molar refractivity (Wildman–Crippen MR) is 85.6 cm³/mol. The number of amides is 1. The summed E-state index contributed by atoms with van der Waals surface area (Å²) in [4.78, 5) is 12.3. The maximum Gasteiger partial charge on any atom is 0.255 e. The molecular formula is C18H18FNO3. The summed E-state index contributed by atoms with van der Waals surface area (Å²) in [7, 11) is 0. The largest absolute Gasteiger partial charge is 0.489 e. The fraction of sp³-hybridized carbons (Fsp3) is 0.278. The minimum absolute atomic E-state index is 0.0877. The zero-order valence-corrected chi connectivity index (χ0v) is 13.1. The molecule has 0 atom stereocenters. The van der Waals surface area contributed by atoms with Crippen LogP contribution in [0.4, 0.5) is 10.1 Å². The molecule has 0 radical (unpaired) electrons. The monoisotopic (exact) mass is 315 g/mol. The third-order valence-electron chi connectivity index (χ3n) is 3.54. The van der Waals surface area contributed by atoms with Crippen molar-refractivity contribution in [2.24, 2.45) is 5.41 Å². The molecule has 23 heavy (non-hydrogen) atoms. The molecule has 0 saturated heterocycles. The van der Waals surface area contributed by atoms with E-state index in [1.165, 1.54) is 24.3 Å². The number of rotatable bonds is 2. The first-order valence-electron chi connectivity index (χ1n) is 7.40. The summed E-state index contributed by atoms with van der Waals surface area (Å²) in [6.45, 7) is 5.19. The van der Waals surface area contributed by atoms with Crippen LogP contribution in [-0.2, 0) is 0 Å². The molecule has 1 heterocycles. The van der Waals surface area contributed by atoms with E-state index in [-0.39, 0.29) is 17.1 Å². The van der Waals surface area contributed by atoms with E-state index in [1.807, 2.05) is 0 Å². The zero-order valence-electron chi connectivity index (χ0n) is 13.1. The van der Waals surface area contributed by atoms with Crippen molar-refractivity contribution >= 4 is 11.6 Å². The van der Waals surface area contributed by atoms with Crippen LogP contribution in [0.1, 0.15) is 24.2 Å². The van der Waals surface area contributed by atoms with Crippen molar-refractivity contribution < 1.29 is 18.7 Å². The van der Waals surface area contributed by atoms with E-state index in [9.17, 15) is 9.18 Å². The molecule has 0 aliphatic carbocycles. The lowest BCUT2D eigenvalue weighted by atomic mass is 9.97. The molecule has 0 spiro atoms. The van der Waals surface area contributed by atoms with Crippen LogP contribution >= 0.6 is 0 Å². The number of ether oxygens (including phenoxy) is 2. The van der Waals surface area contributed by atoms with Crippen molar-refractivity contribution in [2.45, 2.75) is 13.8 Å². The second kappa shape index (κ2) is 5.91. The first kappa shape index (κ1) is 15.3. The number of halogens is 1. The molecule has 1 aliphatic rings. The fourth-order valence-corrected chi connectivity index (χ4v) is 2.21. The third kappa shape index (κ3) is 3.62. The second-order valence-corrected chi connectivity index (χ2v) is 6.36. The highest BCUT2D eigenvalue weighted by molar-refractivity contribution is 6.04. The smallest absolute Gasteiger partial charge is 0.255 e. The summed E-state index contributed by atoms with van der Waals surface area (Å²) in [5, 5.41) is 2.72. The number of hydrogen-bond acceptors (Lipinski definition) is 3. The van der Waals surface area contributed by atoms with Crippen LogP contribution < -0.4 is 14.8 Å². The average Bonchev–Trinajstić information content (AvgIpc) is 2.68. The van der Waals surface area contributed by atoms with Crippen molar-refractivity contribution in [3.8, 4) is 11.5 Å². The number of benzene rings is 2. The standard InChI is InChI=1S/C18H18FNO3/c1-18(2)10-22-15-8-3-12(9-16(15)23-11-18)17(21)20-14-6-4-13(19)5-7-14/h3-9H,10-11H2,1-2H3,(H,20,21). The molecular weight excluding hydrogens is 297 g/mol. The van der Waals surface area contributed by atoms with Gasteiger partial charge in [0.25, 0.3) is 5.91 Å². The quantitative estimate of drug-likeness (QED) is 0.915. The molecule has 3 rings (SSSR count). The fourth-order valence-electron chi connectivity index (χ4n) is 2.21. The highest BCUT2D eigenvalue weighted by Gasteiger charge is 2.25. The molecule has 1 N–H and O–H groups in total. The molecule has 2 aromatic rings. The Bertz CT molecular complexity index is 726. The van der Waals surface area contributed by atoms with Crippen LogP contribution in [0.3, 0.4) is 0 Å². The summed E-state index contributed by atoms with van der Waals surface area (Å²) in [6.07, 6.45) is 0. The molecule has 0 fully saturated rings. The van der Waals surface area contributed by atoms with Gasteiger partial charge in [-0.15, -0.1) is 0 Å². The number of fused-ring (bicyclic) bond motifs is 1. The van der Waals surface area contributed by atoms with Gasteiger partial charge in [0.1, 0.15) is 5.82 Å². The van der Waals surface area contributed by atoms with E-state index in [0.29, 0.717) is 36.0 Å². The number of hydrogen-bond donors (Lipinski definition) is 1. The van der Waals surface area contributed by atoms with E-state index < -0.39 is 0 Å². The summed E-state index contributed by atoms with van der Waals surface area (Å²) < 4.78 is 24.4. The van der Waals surface area contributed by atoms with Gasteiger partial charge in [0.2, 0.25) is 0 Å². The van der Waals surface area contributed by atoms with E-state index in [2.05, 4.69) is 19.2 Å². The minimum atomic E-state index is -0.346. The van der Waals surface area contributed by atoms with Gasteiger partial charge in [-0.25, -0.2) is 4.39 Å². The lowest BCUT2D eigenvalue weighted by Crippen LogP contribution is -2.26. The molecule has 0 saturated carbocycles. The Morgan fingerprint density at radius 1 is 1.04 bits per heavy atom. The van der Waals surface area contributed by atoms with Crippen molar-refractivity contribution in [3.63, 3.8) is 0 Å². The molecule has 1 aliphatic heterocycles. The highest BCUT2D eigenvalue weighted by atomic mass is 19.1. The Kier molecular flexibility index (Phi) is 3.94. The van der Waals surface area contributed by atoms with Crippen LogP contribution in [0.2, 0.25) is 0 Å². The molecule has 1 amide bonds. The highest BCUT2D eigenvalue weighted by Crippen LogP contribution is 2.34. The average molecular weight is 315 g/mol. The summed E-state index contributed by atoms with van der Waals surface area (Å²) in [5.41, 5.74) is 0.899. The van der Waals surface area contributed by atoms with Crippen LogP contribution in [0.25, 0.3) is 0 Å². The van der Waals surface area contributed by atoms with E-state index >= 15 is 0 Å². The van der Waals surface area contributed by atoms with E-state index in [1.54, 1.807) is 18.2 Å². The maximum atomic E-state index is 12.9. The third-order valence-corrected chi connectivity index (χ3v) is 3.54. The Morgan fingerprint density at radius 2 is 1.70 bits per heavy atom. The summed E-state index contributed by atoms with van der Waals surface area (Å²) >= 11 is 0. The van der Waals surface area contributed by atoms with E-state index in [4.69, 9.17) is 9.47 Å². The van der Waals surface area contributed by atoms with Crippen molar-refractivity contribution in [2.75, 3.05) is 18.5 Å². The first-order chi connectivity index (χ1) is 10.9. The second-order valence-electron chi connectivity index (χ2n) is 6.36. The van der Waals surface area contributed by atoms with Gasteiger partial charge in [-0.05, 0) is 42.5 Å². The molecule has 0 unspecified atom stereocenters. The number of nitrogens with one attached hydrogen (secondary N) is 1. The lowest BCUT2D eigenvalue weighted by molar-refractivity contribution is 0.102. The van der Waals surface area contributed by atoms with Gasteiger partial charge >= 0.3 is 0 Å². The predicted octanol–water partition coefficient (Wildman–Crippen LogP) is 3.88. The Labute approximate surface area is 134 Å². The van der Waals surface area contributed by atoms with Gasteiger partial charge in [-0.1, -0.05) is 13.8 Å². The molecule has 0 aromatic heterocycles. The molecule has 5 heteroatoms. The molecule has 120 valence electrons. The van der Waals surface area contributed by atoms with Crippen molar-refractivity contribution in [3.05, 3.63) is 53.8 Å². The van der Waals surface area contributed by atoms with E-state index in [0.717, 1.165) is 0 Å². The van der Waals surface area contributed by atoms with Gasteiger partial charge < -0.3 is 14.8 Å². The SMILES string of the molecule is CC1(C)COc2ccc(C(=O)Nc3ccc(F)cc3)cc2OC1. The van der Waals surface area contributed by atoms with Gasteiger partial charge in [0.15, 0.2) is 11.5 Å². The Hall–Kier alpha value is -2.56. The first-order valence-corrected chi connectivity index (χ1v) is 7.40. The van der Waals surface area contributed by atoms with Crippen LogP contribution in [0.15, 0.2) is 42.5 Å². The Morgan fingerprint density at radius 3 is 2.39 bits per heavy atom. The normalized spacial score (nSPS) is 15.6. The maximum absolute atomic E-state index is 12.9. The van der Waals surface area contributed by atoms with Crippen LogP contribution in [0, 0.1) is 11.2 Å². The molecule has 2 aromatic carbocycles. The topological polar surface area (TPSA) is 47.6 Å². The minimum Gasteiger partial charge on any atom is -0.489 e. The summed E-state index contributed by atoms with van der Waals surface area (Å²) in [6, 6.07) is 10.7.